The maximum absolute atomic E-state index is 11.6. The highest BCUT2D eigenvalue weighted by Gasteiger charge is 2.21. The Kier molecular flexibility index (Phi) is 4.66. The minimum Gasteiger partial charge on any atom is -0.481 e. The van der Waals surface area contributed by atoms with Crippen LogP contribution < -0.4 is 21.5 Å². The topological polar surface area (TPSA) is 129 Å². The summed E-state index contributed by atoms with van der Waals surface area (Å²) in [6, 6.07) is 3.57. The summed E-state index contributed by atoms with van der Waals surface area (Å²) in [7, 11) is 1.55. The van der Waals surface area contributed by atoms with Gasteiger partial charge in [0.25, 0.3) is 5.91 Å². The van der Waals surface area contributed by atoms with Crippen LogP contribution >= 0.6 is 11.3 Å². The number of aromatic nitrogens is 3. The fourth-order valence-electron chi connectivity index (χ4n) is 2.37. The lowest BCUT2D eigenvalue weighted by atomic mass is 10.1. The molecule has 3 heterocycles. The first-order valence-corrected chi connectivity index (χ1v) is 8.50. The van der Waals surface area contributed by atoms with Crippen molar-refractivity contribution in [1.29, 1.82) is 0 Å². The highest BCUT2D eigenvalue weighted by atomic mass is 32.1. The van der Waals surface area contributed by atoms with Crippen molar-refractivity contribution in [2.45, 2.75) is 13.3 Å². The summed E-state index contributed by atoms with van der Waals surface area (Å²) in [5, 5.41) is 3.76. The Morgan fingerprint density at radius 1 is 1.36 bits per heavy atom. The number of amides is 1. The Balaban J connectivity index is 2.23. The molecule has 0 unspecified atom stereocenters. The maximum Gasteiger partial charge on any atom is 0.260 e. The summed E-state index contributed by atoms with van der Waals surface area (Å²) in [6.07, 6.45) is 2.57. The van der Waals surface area contributed by atoms with Gasteiger partial charge in [-0.2, -0.15) is 0 Å². The zero-order valence-corrected chi connectivity index (χ0v) is 14.7. The molecule has 3 aromatic rings. The second-order valence-electron chi connectivity index (χ2n) is 5.30. The molecular weight excluding hydrogens is 340 g/mol. The van der Waals surface area contributed by atoms with E-state index in [0.717, 1.165) is 29.9 Å². The molecule has 25 heavy (non-hydrogen) atoms. The molecule has 0 aliphatic rings. The first-order valence-electron chi connectivity index (χ1n) is 7.69. The second-order valence-corrected chi connectivity index (χ2v) is 6.30. The normalized spacial score (nSPS) is 10.8. The lowest BCUT2D eigenvalue weighted by molar-refractivity contribution is 0.100. The van der Waals surface area contributed by atoms with Gasteiger partial charge in [0.05, 0.1) is 23.9 Å². The van der Waals surface area contributed by atoms with E-state index < -0.39 is 5.91 Å². The minimum atomic E-state index is -0.581. The lowest BCUT2D eigenvalue weighted by Gasteiger charge is -2.08. The number of rotatable bonds is 6. The number of thiophene rings is 1. The first kappa shape index (κ1) is 16.9. The smallest absolute Gasteiger partial charge is 0.260 e. The number of methoxy groups -OCH3 is 1. The summed E-state index contributed by atoms with van der Waals surface area (Å²) in [5.74, 6) is 0.384. The SMILES string of the molecule is CCCNc1nc(-c2ccc(OC)nc2)c2c(N)c(C(N)=O)sc2n1. The van der Waals surface area contributed by atoms with E-state index in [1.54, 1.807) is 19.4 Å². The van der Waals surface area contributed by atoms with E-state index in [1.807, 2.05) is 13.0 Å². The van der Waals surface area contributed by atoms with E-state index in [2.05, 4.69) is 20.3 Å². The van der Waals surface area contributed by atoms with Crippen molar-refractivity contribution in [2.24, 2.45) is 5.73 Å². The average molecular weight is 358 g/mol. The van der Waals surface area contributed by atoms with Crippen LogP contribution in [0.1, 0.15) is 23.0 Å². The van der Waals surface area contributed by atoms with Crippen LogP contribution in [-0.2, 0) is 0 Å². The molecule has 8 nitrogen and oxygen atoms in total. The first-order chi connectivity index (χ1) is 12.0. The number of anilines is 2. The Labute approximate surface area is 148 Å². The minimum absolute atomic E-state index is 0.277. The highest BCUT2D eigenvalue weighted by molar-refractivity contribution is 7.21. The summed E-state index contributed by atoms with van der Waals surface area (Å²) in [4.78, 5) is 25.8. The molecule has 5 N–H and O–H groups in total. The van der Waals surface area contributed by atoms with Crippen molar-refractivity contribution in [3.8, 4) is 17.1 Å². The van der Waals surface area contributed by atoms with E-state index >= 15 is 0 Å². The quantitative estimate of drug-likeness (QED) is 0.616. The third-order valence-electron chi connectivity index (χ3n) is 3.56. The van der Waals surface area contributed by atoms with E-state index in [4.69, 9.17) is 16.2 Å². The van der Waals surface area contributed by atoms with Crippen molar-refractivity contribution in [3.63, 3.8) is 0 Å². The van der Waals surface area contributed by atoms with Crippen LogP contribution in [0, 0.1) is 0 Å². The fraction of sp³-hybridized carbons (Fsp3) is 0.250. The van der Waals surface area contributed by atoms with E-state index in [0.29, 0.717) is 33.4 Å². The molecule has 0 atom stereocenters. The zero-order chi connectivity index (χ0) is 18.0. The fourth-order valence-corrected chi connectivity index (χ4v) is 3.32. The largest absolute Gasteiger partial charge is 0.481 e. The van der Waals surface area contributed by atoms with E-state index in [-0.39, 0.29) is 4.88 Å². The number of hydrogen-bond acceptors (Lipinski definition) is 8. The van der Waals surface area contributed by atoms with Crippen LogP contribution in [0.4, 0.5) is 11.6 Å². The second kappa shape index (κ2) is 6.89. The van der Waals surface area contributed by atoms with Crippen molar-refractivity contribution >= 4 is 39.1 Å². The number of carbonyl (C=O) groups is 1. The van der Waals surface area contributed by atoms with E-state index in [1.165, 1.54) is 0 Å². The number of nitrogen functional groups attached to an aromatic ring is 1. The number of nitrogens with zero attached hydrogens (tertiary/aromatic N) is 3. The summed E-state index contributed by atoms with van der Waals surface area (Å²) in [5.41, 5.74) is 13.2. The molecule has 0 aliphatic carbocycles. The molecule has 0 saturated carbocycles. The molecule has 3 aromatic heterocycles. The molecule has 0 spiro atoms. The van der Waals surface area contributed by atoms with Crippen LogP contribution in [0.3, 0.4) is 0 Å². The number of nitrogens with one attached hydrogen (secondary N) is 1. The van der Waals surface area contributed by atoms with Gasteiger partial charge in [-0.05, 0) is 12.5 Å². The monoisotopic (exact) mass is 358 g/mol. The van der Waals surface area contributed by atoms with Gasteiger partial charge in [0.15, 0.2) is 0 Å². The third-order valence-corrected chi connectivity index (χ3v) is 4.68. The van der Waals surface area contributed by atoms with Crippen LogP contribution in [0.2, 0.25) is 0 Å². The molecule has 0 bridgehead atoms. The van der Waals surface area contributed by atoms with Crippen molar-refractivity contribution < 1.29 is 9.53 Å². The molecule has 9 heteroatoms. The average Bonchev–Trinajstić information content (AvgIpc) is 2.96. The van der Waals surface area contributed by atoms with Crippen molar-refractivity contribution in [3.05, 3.63) is 23.2 Å². The van der Waals surface area contributed by atoms with Crippen LogP contribution in [0.25, 0.3) is 21.5 Å². The molecule has 1 amide bonds. The zero-order valence-electron chi connectivity index (χ0n) is 13.9. The molecule has 0 saturated heterocycles. The summed E-state index contributed by atoms with van der Waals surface area (Å²) < 4.78 is 5.09. The van der Waals surface area contributed by atoms with Crippen LogP contribution in [-0.4, -0.2) is 34.5 Å². The molecule has 0 fully saturated rings. The van der Waals surface area contributed by atoms with Crippen LogP contribution in [0.5, 0.6) is 5.88 Å². The molecule has 3 rings (SSSR count). The Bertz CT molecular complexity index is 923. The van der Waals surface area contributed by atoms with Gasteiger partial charge in [0.1, 0.15) is 9.71 Å². The third kappa shape index (κ3) is 3.18. The van der Waals surface area contributed by atoms with Gasteiger partial charge in [0.2, 0.25) is 11.8 Å². The van der Waals surface area contributed by atoms with Crippen molar-refractivity contribution in [2.75, 3.05) is 24.7 Å². The number of hydrogen-bond donors (Lipinski definition) is 3. The van der Waals surface area contributed by atoms with Crippen LogP contribution in [0.15, 0.2) is 18.3 Å². The van der Waals surface area contributed by atoms with Gasteiger partial charge in [-0.3, -0.25) is 4.79 Å². The number of fused-ring (bicyclic) bond motifs is 1. The predicted octanol–water partition coefficient (Wildman–Crippen LogP) is 2.26. The standard InChI is InChI=1S/C16H18N6O2S/c1-3-6-19-16-21-12(8-4-5-9(24-2)20-7-8)10-11(17)13(14(18)23)25-15(10)22-16/h4-5,7H,3,6,17H2,1-2H3,(H2,18,23)(H,19,21,22). The molecule has 0 radical (unpaired) electrons. The summed E-state index contributed by atoms with van der Waals surface area (Å²) in [6.45, 7) is 2.78. The molecular formula is C16H18N6O2S. The predicted molar refractivity (Wildman–Crippen MR) is 98.9 cm³/mol. The Morgan fingerprint density at radius 3 is 2.76 bits per heavy atom. The Hall–Kier alpha value is -2.94. The number of carbonyl (C=O) groups excluding carboxylic acids is 1. The number of pyridine rings is 1. The van der Waals surface area contributed by atoms with E-state index in [9.17, 15) is 4.79 Å². The molecule has 0 aromatic carbocycles. The van der Waals surface area contributed by atoms with Gasteiger partial charge < -0.3 is 21.5 Å². The van der Waals surface area contributed by atoms with Gasteiger partial charge in [0, 0.05) is 24.4 Å². The summed E-state index contributed by atoms with van der Waals surface area (Å²) >= 11 is 1.16. The number of ether oxygens (including phenoxy) is 1. The molecule has 130 valence electrons. The van der Waals surface area contributed by atoms with Gasteiger partial charge in [-0.1, -0.05) is 6.92 Å². The highest BCUT2D eigenvalue weighted by Crippen LogP contribution is 2.38. The maximum atomic E-state index is 11.6. The Morgan fingerprint density at radius 2 is 2.16 bits per heavy atom. The van der Waals surface area contributed by atoms with Gasteiger partial charge in [-0.15, -0.1) is 11.3 Å². The molecule has 0 aliphatic heterocycles. The van der Waals surface area contributed by atoms with Crippen molar-refractivity contribution in [1.82, 2.24) is 15.0 Å². The number of nitrogens with two attached hydrogens (primary N) is 2. The number of primary amides is 1. The van der Waals surface area contributed by atoms with Gasteiger partial charge >= 0.3 is 0 Å². The lowest BCUT2D eigenvalue weighted by Crippen LogP contribution is -2.10. The van der Waals surface area contributed by atoms with Gasteiger partial charge in [-0.25, -0.2) is 15.0 Å².